The summed E-state index contributed by atoms with van der Waals surface area (Å²) in [5.74, 6) is 0. The van der Waals surface area contributed by atoms with Crippen LogP contribution < -0.4 is 9.88 Å². The van der Waals surface area contributed by atoms with Gasteiger partial charge in [-0.2, -0.15) is 0 Å². The zero-order valence-corrected chi connectivity index (χ0v) is 8.90. The third kappa shape index (κ3) is 3.85. The lowest BCUT2D eigenvalue weighted by Gasteiger charge is -2.09. The molecule has 1 heterocycles. The average Bonchev–Trinajstić information content (AvgIpc) is 2.21. The van der Waals surface area contributed by atoms with E-state index in [9.17, 15) is 0 Å². The van der Waals surface area contributed by atoms with Crippen LogP contribution in [-0.2, 0) is 13.5 Å². The molecule has 1 aromatic rings. The van der Waals surface area contributed by atoms with Crippen LogP contribution >= 0.6 is 0 Å². The number of nitrogens with zero attached hydrogens (tertiary/aromatic N) is 1. The first kappa shape index (κ1) is 11.1. The van der Waals surface area contributed by atoms with Gasteiger partial charge in [-0.05, 0) is 25.5 Å². The van der Waals surface area contributed by atoms with E-state index in [2.05, 4.69) is 17.4 Å². The van der Waals surface area contributed by atoms with Gasteiger partial charge >= 0.3 is 0 Å². The molecule has 1 rings (SSSR count). The molecule has 78 valence electrons. The number of rotatable bonds is 5. The van der Waals surface area contributed by atoms with Crippen molar-refractivity contribution in [2.24, 2.45) is 7.05 Å². The number of aliphatic hydroxyl groups excluding tert-OH is 1. The zero-order chi connectivity index (χ0) is 10.4. The molecule has 1 atom stereocenters. The molecule has 0 saturated heterocycles. The Kier molecular flexibility index (Phi) is 4.56. The van der Waals surface area contributed by atoms with Gasteiger partial charge in [0.2, 0.25) is 0 Å². The van der Waals surface area contributed by atoms with E-state index in [1.807, 2.05) is 30.9 Å². The molecule has 0 bridgehead atoms. The van der Waals surface area contributed by atoms with Gasteiger partial charge in [0.1, 0.15) is 7.05 Å². The fourth-order valence-corrected chi connectivity index (χ4v) is 1.23. The molecule has 0 saturated carbocycles. The third-order valence-corrected chi connectivity index (χ3v) is 2.23. The van der Waals surface area contributed by atoms with Crippen LogP contribution in [0.25, 0.3) is 0 Å². The molecule has 0 fully saturated rings. The molecule has 0 radical (unpaired) electrons. The highest BCUT2D eigenvalue weighted by Gasteiger charge is 1.99. The molecular formula is C11H19N2O+. The summed E-state index contributed by atoms with van der Waals surface area (Å²) in [6.07, 6.45) is 5.10. The lowest BCUT2D eigenvalue weighted by atomic mass is 10.2. The SMILES string of the molecule is CC(CO)NCCc1cc[n+](C)cc1. The van der Waals surface area contributed by atoms with Gasteiger partial charge in [0, 0.05) is 18.2 Å². The maximum Gasteiger partial charge on any atom is 0.168 e. The molecule has 0 aliphatic heterocycles. The minimum Gasteiger partial charge on any atom is -0.395 e. The predicted octanol–water partition coefficient (Wildman–Crippen LogP) is 0.0240. The Morgan fingerprint density at radius 2 is 2.07 bits per heavy atom. The minimum atomic E-state index is 0.190. The second-order valence-electron chi connectivity index (χ2n) is 3.66. The Hall–Kier alpha value is -0.930. The molecule has 3 nitrogen and oxygen atoms in total. The highest BCUT2D eigenvalue weighted by atomic mass is 16.3. The summed E-state index contributed by atoms with van der Waals surface area (Å²) in [5.41, 5.74) is 1.32. The van der Waals surface area contributed by atoms with Crippen LogP contribution in [0.3, 0.4) is 0 Å². The van der Waals surface area contributed by atoms with Crippen LogP contribution in [0.2, 0.25) is 0 Å². The Bertz CT molecular complexity index is 258. The standard InChI is InChI=1S/C11H19N2O/c1-10(9-14)12-6-3-11-4-7-13(2)8-5-11/h4-5,7-8,10,12,14H,3,6,9H2,1-2H3/q+1. The maximum atomic E-state index is 8.80. The molecule has 0 spiro atoms. The van der Waals surface area contributed by atoms with E-state index in [0.717, 1.165) is 13.0 Å². The van der Waals surface area contributed by atoms with Crippen LogP contribution in [0.1, 0.15) is 12.5 Å². The summed E-state index contributed by atoms with van der Waals surface area (Å²) in [5, 5.41) is 12.0. The molecule has 14 heavy (non-hydrogen) atoms. The van der Waals surface area contributed by atoms with Crippen molar-refractivity contribution in [3.63, 3.8) is 0 Å². The van der Waals surface area contributed by atoms with E-state index in [4.69, 9.17) is 5.11 Å². The van der Waals surface area contributed by atoms with Gasteiger partial charge in [-0.25, -0.2) is 4.57 Å². The van der Waals surface area contributed by atoms with E-state index in [-0.39, 0.29) is 12.6 Å². The molecule has 0 aromatic carbocycles. The molecule has 1 aromatic heterocycles. The molecular weight excluding hydrogens is 176 g/mol. The number of pyridine rings is 1. The first-order valence-corrected chi connectivity index (χ1v) is 5.01. The van der Waals surface area contributed by atoms with Crippen LogP contribution in [0.5, 0.6) is 0 Å². The molecule has 0 aliphatic carbocycles. The summed E-state index contributed by atoms with van der Waals surface area (Å²) in [6, 6.07) is 4.42. The molecule has 1 unspecified atom stereocenters. The van der Waals surface area contributed by atoms with Gasteiger partial charge in [-0.15, -0.1) is 0 Å². The molecule has 0 amide bonds. The number of aryl methyl sites for hydroxylation is 1. The van der Waals surface area contributed by atoms with Crippen molar-refractivity contribution in [1.82, 2.24) is 5.32 Å². The van der Waals surface area contributed by atoms with Gasteiger partial charge in [-0.1, -0.05) is 0 Å². The smallest absolute Gasteiger partial charge is 0.168 e. The third-order valence-electron chi connectivity index (χ3n) is 2.23. The van der Waals surface area contributed by atoms with Crippen molar-refractivity contribution in [3.05, 3.63) is 30.1 Å². The number of aliphatic hydroxyl groups is 1. The van der Waals surface area contributed by atoms with E-state index in [1.165, 1.54) is 5.56 Å². The molecule has 3 heteroatoms. The first-order chi connectivity index (χ1) is 6.72. The van der Waals surface area contributed by atoms with E-state index in [0.29, 0.717) is 0 Å². The summed E-state index contributed by atoms with van der Waals surface area (Å²) >= 11 is 0. The Balaban J connectivity index is 2.28. The van der Waals surface area contributed by atoms with Crippen molar-refractivity contribution in [1.29, 1.82) is 0 Å². The average molecular weight is 195 g/mol. The van der Waals surface area contributed by atoms with Crippen molar-refractivity contribution in [2.45, 2.75) is 19.4 Å². The first-order valence-electron chi connectivity index (χ1n) is 5.01. The number of aromatic nitrogens is 1. The Morgan fingerprint density at radius 3 is 2.64 bits per heavy atom. The van der Waals surface area contributed by atoms with Crippen LogP contribution in [-0.4, -0.2) is 24.3 Å². The minimum absolute atomic E-state index is 0.190. The van der Waals surface area contributed by atoms with Gasteiger partial charge in [-0.3, -0.25) is 0 Å². The van der Waals surface area contributed by atoms with E-state index in [1.54, 1.807) is 0 Å². The Morgan fingerprint density at radius 1 is 1.43 bits per heavy atom. The largest absolute Gasteiger partial charge is 0.395 e. The molecule has 2 N–H and O–H groups in total. The second-order valence-corrected chi connectivity index (χ2v) is 3.66. The summed E-state index contributed by atoms with van der Waals surface area (Å²) in [7, 11) is 2.01. The predicted molar refractivity (Wildman–Crippen MR) is 55.9 cm³/mol. The van der Waals surface area contributed by atoms with Gasteiger partial charge in [0.05, 0.1) is 6.61 Å². The van der Waals surface area contributed by atoms with E-state index < -0.39 is 0 Å². The second kappa shape index (κ2) is 5.73. The summed E-state index contributed by atoms with van der Waals surface area (Å²) in [6.45, 7) is 3.09. The van der Waals surface area contributed by atoms with Gasteiger partial charge in [0.15, 0.2) is 12.4 Å². The van der Waals surface area contributed by atoms with Crippen molar-refractivity contribution in [2.75, 3.05) is 13.2 Å². The van der Waals surface area contributed by atoms with Crippen LogP contribution in [0.15, 0.2) is 24.5 Å². The maximum absolute atomic E-state index is 8.80. The van der Waals surface area contributed by atoms with Crippen molar-refractivity contribution >= 4 is 0 Å². The van der Waals surface area contributed by atoms with Crippen LogP contribution in [0, 0.1) is 0 Å². The number of hydrogen-bond acceptors (Lipinski definition) is 2. The summed E-state index contributed by atoms with van der Waals surface area (Å²) < 4.78 is 2.02. The Labute approximate surface area is 85.4 Å². The van der Waals surface area contributed by atoms with Crippen molar-refractivity contribution in [3.8, 4) is 0 Å². The zero-order valence-electron chi connectivity index (χ0n) is 8.90. The fourth-order valence-electron chi connectivity index (χ4n) is 1.23. The van der Waals surface area contributed by atoms with Crippen LogP contribution in [0.4, 0.5) is 0 Å². The quantitative estimate of drug-likeness (QED) is 0.650. The number of nitrogens with one attached hydrogen (secondary N) is 1. The van der Waals surface area contributed by atoms with Crippen molar-refractivity contribution < 1.29 is 9.67 Å². The van der Waals surface area contributed by atoms with Gasteiger partial charge in [0.25, 0.3) is 0 Å². The number of hydrogen-bond donors (Lipinski definition) is 2. The lowest BCUT2D eigenvalue weighted by molar-refractivity contribution is -0.671. The van der Waals surface area contributed by atoms with Gasteiger partial charge < -0.3 is 10.4 Å². The normalized spacial score (nSPS) is 12.8. The topological polar surface area (TPSA) is 36.1 Å². The highest BCUT2D eigenvalue weighted by Crippen LogP contribution is 1.95. The highest BCUT2D eigenvalue weighted by molar-refractivity contribution is 5.07. The summed E-state index contributed by atoms with van der Waals surface area (Å²) in [4.78, 5) is 0. The molecule has 0 aliphatic rings. The fraction of sp³-hybridized carbons (Fsp3) is 0.545. The monoisotopic (exact) mass is 195 g/mol. The van der Waals surface area contributed by atoms with E-state index >= 15 is 0 Å². The lowest BCUT2D eigenvalue weighted by Crippen LogP contribution is -2.31.